The van der Waals surface area contributed by atoms with Crippen molar-refractivity contribution in [3.63, 3.8) is 0 Å². The molecule has 140 valence electrons. The van der Waals surface area contributed by atoms with Crippen molar-refractivity contribution in [2.45, 2.75) is 44.9 Å². The Morgan fingerprint density at radius 2 is 1.63 bits per heavy atom. The van der Waals surface area contributed by atoms with Gasteiger partial charge < -0.3 is 0 Å². The van der Waals surface area contributed by atoms with Crippen LogP contribution in [-0.2, 0) is 11.8 Å². The predicted molar refractivity (Wildman–Crippen MR) is 122 cm³/mol. The number of fused-ring (bicyclic) bond motifs is 1. The van der Waals surface area contributed by atoms with Crippen LogP contribution in [0.5, 0.6) is 0 Å². The van der Waals surface area contributed by atoms with Gasteiger partial charge in [0.15, 0.2) is 0 Å². The zero-order valence-electron chi connectivity index (χ0n) is 16.9. The maximum absolute atomic E-state index is 4.44. The van der Waals surface area contributed by atoms with Crippen molar-refractivity contribution >= 4 is 0 Å². The van der Waals surface area contributed by atoms with Crippen LogP contribution in [0.25, 0.3) is 0 Å². The molecule has 0 heteroatoms. The summed E-state index contributed by atoms with van der Waals surface area (Å²) in [5.41, 5.74) is 5.96. The topological polar surface area (TPSA) is 0 Å². The summed E-state index contributed by atoms with van der Waals surface area (Å²) in [5.74, 6) is 0. The van der Waals surface area contributed by atoms with Gasteiger partial charge in [-0.25, -0.2) is 0 Å². The predicted octanol–water partition coefficient (Wildman–Crippen LogP) is 7.28. The Bertz CT molecular complexity index is 779. The van der Waals surface area contributed by atoms with Crippen LogP contribution in [0.1, 0.15) is 44.2 Å². The average molecular weight is 357 g/mol. The van der Waals surface area contributed by atoms with E-state index in [-0.39, 0.29) is 5.41 Å². The largest absolute Gasteiger partial charge is 0.124 e. The monoisotopic (exact) mass is 356 g/mol. The maximum atomic E-state index is 4.44. The number of rotatable bonds is 8. The molecule has 0 N–H and O–H groups in total. The molecule has 0 fully saturated rings. The van der Waals surface area contributed by atoms with Crippen molar-refractivity contribution in [2.24, 2.45) is 0 Å². The van der Waals surface area contributed by atoms with Crippen molar-refractivity contribution in [2.75, 3.05) is 0 Å². The molecule has 1 aromatic rings. The van der Waals surface area contributed by atoms with Crippen molar-refractivity contribution in [1.82, 2.24) is 0 Å². The fourth-order valence-electron chi connectivity index (χ4n) is 3.51. The summed E-state index contributed by atoms with van der Waals surface area (Å²) in [6, 6.07) is 8.71. The Morgan fingerprint density at radius 3 is 2.30 bits per heavy atom. The molecule has 0 radical (unpaired) electrons. The third-order valence-electron chi connectivity index (χ3n) is 5.09. The van der Waals surface area contributed by atoms with Gasteiger partial charge in [-0.3, -0.25) is 0 Å². The van der Waals surface area contributed by atoms with Crippen LogP contribution in [0.2, 0.25) is 0 Å². The van der Waals surface area contributed by atoms with Crippen LogP contribution in [0, 0.1) is 12.8 Å². The molecule has 1 unspecified atom stereocenters. The van der Waals surface area contributed by atoms with Crippen LogP contribution in [0.4, 0.5) is 0 Å². The Kier molecular flexibility index (Phi) is 9.11. The first-order valence-corrected chi connectivity index (χ1v) is 9.55. The molecule has 1 aliphatic rings. The summed E-state index contributed by atoms with van der Waals surface area (Å²) < 4.78 is 0. The molecule has 2 rings (SSSR count). The number of benzene rings is 1. The minimum atomic E-state index is -0.186. The quantitative estimate of drug-likeness (QED) is 0.339. The molecule has 0 spiro atoms. The van der Waals surface area contributed by atoms with E-state index in [1.54, 1.807) is 0 Å². The summed E-state index contributed by atoms with van der Waals surface area (Å²) in [7, 11) is 0. The molecule has 0 saturated heterocycles. The first-order chi connectivity index (χ1) is 13.1. The van der Waals surface area contributed by atoms with E-state index in [1.807, 2.05) is 0 Å². The molecule has 1 atom stereocenters. The van der Waals surface area contributed by atoms with Crippen LogP contribution in [0.3, 0.4) is 0 Å². The number of hydrogen-bond donors (Lipinski definition) is 0. The fourth-order valence-corrected chi connectivity index (χ4v) is 3.51. The minimum Gasteiger partial charge on any atom is -0.124 e. The van der Waals surface area contributed by atoms with Gasteiger partial charge >= 0.3 is 0 Å². The summed E-state index contributed by atoms with van der Waals surface area (Å²) in [5, 5.41) is 0. The molecule has 1 aliphatic carbocycles. The number of allylic oxidation sites excluding steroid dienone is 9. The van der Waals surface area contributed by atoms with Gasteiger partial charge in [-0.2, -0.15) is 0 Å². The smallest absolute Gasteiger partial charge is 0.0445 e. The van der Waals surface area contributed by atoms with Gasteiger partial charge in [-0.05, 0) is 48.0 Å². The molecule has 1 aromatic carbocycles. The van der Waals surface area contributed by atoms with Gasteiger partial charge in [0.25, 0.3) is 0 Å². The standard InChI is InChI=1S/C25H30.C2H2/c1-6-8-14-21(4)25(19-18-23-16-11-12-17-24(23)25)22(5)15-10-9-13-20(3)7-2;1-2/h8-17H,3-7,18-19H2,1-2H3;1-2H/b13-9-,14-8-,15-10-;. The van der Waals surface area contributed by atoms with Crippen LogP contribution >= 0.6 is 0 Å². The van der Waals surface area contributed by atoms with E-state index in [1.165, 1.54) is 11.1 Å². The Morgan fingerprint density at radius 1 is 1.00 bits per heavy atom. The molecule has 0 bridgehead atoms. The van der Waals surface area contributed by atoms with E-state index < -0.39 is 0 Å². The van der Waals surface area contributed by atoms with E-state index in [4.69, 9.17) is 0 Å². The van der Waals surface area contributed by atoms with Crippen LogP contribution in [-0.4, -0.2) is 0 Å². The average Bonchev–Trinajstić information content (AvgIpc) is 3.11. The lowest BCUT2D eigenvalue weighted by atomic mass is 9.70. The highest BCUT2D eigenvalue weighted by molar-refractivity contribution is 5.58. The molecular formula is C27H32. The normalized spacial score (nSPS) is 18.4. The highest BCUT2D eigenvalue weighted by Gasteiger charge is 2.41. The van der Waals surface area contributed by atoms with Gasteiger partial charge in [0, 0.05) is 5.41 Å². The molecule has 0 heterocycles. The molecule has 0 saturated carbocycles. The van der Waals surface area contributed by atoms with Gasteiger partial charge in [0.1, 0.15) is 0 Å². The van der Waals surface area contributed by atoms with Crippen molar-refractivity contribution < 1.29 is 0 Å². The molecule has 0 amide bonds. The second kappa shape index (κ2) is 11.0. The molecule has 0 nitrogen and oxygen atoms in total. The van der Waals surface area contributed by atoms with Gasteiger partial charge in [-0.1, -0.05) is 99.9 Å². The molecule has 0 aromatic heterocycles. The third-order valence-corrected chi connectivity index (χ3v) is 5.09. The van der Waals surface area contributed by atoms with E-state index >= 15 is 0 Å². The Labute approximate surface area is 166 Å². The van der Waals surface area contributed by atoms with Gasteiger partial charge in [0.05, 0.1) is 0 Å². The van der Waals surface area contributed by atoms with Gasteiger partial charge in [-0.15, -0.1) is 12.8 Å². The SMILES string of the molecule is C#C.C=C(/C=C\C=C/C(=C)C1(C(=C)/C=C\CC)CCc2ccccc21)CC. The second-order valence-corrected chi connectivity index (χ2v) is 6.65. The number of aryl methyl sites for hydroxylation is 1. The van der Waals surface area contributed by atoms with E-state index in [0.29, 0.717) is 0 Å². The Balaban J connectivity index is 0.00000176. The van der Waals surface area contributed by atoms with Crippen LogP contribution < -0.4 is 0 Å². The molecule has 0 aliphatic heterocycles. The van der Waals surface area contributed by atoms with Crippen molar-refractivity contribution in [3.05, 3.63) is 108 Å². The lowest BCUT2D eigenvalue weighted by Crippen LogP contribution is -2.26. The lowest BCUT2D eigenvalue weighted by Gasteiger charge is -2.33. The lowest BCUT2D eigenvalue weighted by molar-refractivity contribution is 0.611. The van der Waals surface area contributed by atoms with Crippen molar-refractivity contribution in [1.29, 1.82) is 0 Å². The van der Waals surface area contributed by atoms with E-state index in [2.05, 4.69) is 107 Å². The van der Waals surface area contributed by atoms with Gasteiger partial charge in [0.2, 0.25) is 0 Å². The summed E-state index contributed by atoms with van der Waals surface area (Å²) >= 11 is 0. The molecule has 27 heavy (non-hydrogen) atoms. The van der Waals surface area contributed by atoms with E-state index in [0.717, 1.165) is 42.4 Å². The van der Waals surface area contributed by atoms with E-state index in [9.17, 15) is 0 Å². The van der Waals surface area contributed by atoms with Crippen molar-refractivity contribution in [3.8, 4) is 12.8 Å². The minimum absolute atomic E-state index is 0.186. The summed E-state index contributed by atoms with van der Waals surface area (Å²) in [4.78, 5) is 0. The zero-order chi connectivity index (χ0) is 20.3. The second-order valence-electron chi connectivity index (χ2n) is 6.65. The first kappa shape index (κ1) is 22.3. The van der Waals surface area contributed by atoms with Crippen LogP contribution in [0.15, 0.2) is 97.2 Å². The zero-order valence-corrected chi connectivity index (χ0v) is 16.9. The fraction of sp³-hybridized carbons (Fsp3) is 0.259. The highest BCUT2D eigenvalue weighted by atomic mass is 14.4. The number of terminal acetylenes is 1. The highest BCUT2D eigenvalue weighted by Crippen LogP contribution is 2.49. The molecular weight excluding hydrogens is 324 g/mol. The first-order valence-electron chi connectivity index (χ1n) is 9.55. The third kappa shape index (κ3) is 5.11. The number of hydrogen-bond acceptors (Lipinski definition) is 0. The summed E-state index contributed by atoms with van der Waals surface area (Å²) in [6.45, 7) is 17.1. The maximum Gasteiger partial charge on any atom is 0.0445 e. The Hall–Kier alpha value is -2.78. The summed E-state index contributed by atoms with van der Waals surface area (Å²) in [6.07, 6.45) is 24.8.